The number of nitrogens with one attached hydrogen (secondary N) is 1. The second kappa shape index (κ2) is 7.93. The van der Waals surface area contributed by atoms with Gasteiger partial charge < -0.3 is 20.9 Å². The summed E-state index contributed by atoms with van der Waals surface area (Å²) in [5.74, 6) is -0.274. The molecule has 1 heterocycles. The van der Waals surface area contributed by atoms with Crippen molar-refractivity contribution < 1.29 is 4.79 Å². The quantitative estimate of drug-likeness (QED) is 0.600. The predicted molar refractivity (Wildman–Crippen MR) is 82.7 cm³/mol. The van der Waals surface area contributed by atoms with Crippen LogP contribution in [0, 0.1) is 0 Å². The summed E-state index contributed by atoms with van der Waals surface area (Å²) in [6.45, 7) is 9.42. The summed E-state index contributed by atoms with van der Waals surface area (Å²) in [5, 5.41) is 3.04. The molecule has 1 saturated heterocycles. The maximum absolute atomic E-state index is 11.5. The monoisotopic (exact) mass is 285 g/mol. The van der Waals surface area contributed by atoms with Gasteiger partial charge in [0.2, 0.25) is 5.91 Å². The summed E-state index contributed by atoms with van der Waals surface area (Å²) < 4.78 is 0. The number of primary amides is 1. The number of piperazine rings is 1. The summed E-state index contributed by atoms with van der Waals surface area (Å²) in [6, 6.07) is 0. The van der Waals surface area contributed by atoms with Crippen molar-refractivity contribution in [1.29, 1.82) is 0 Å². The number of carbonyl (C=O) groups is 1. The number of rotatable bonds is 8. The van der Waals surface area contributed by atoms with E-state index in [4.69, 9.17) is 5.73 Å². The Bertz CT molecular complexity index is 302. The Labute approximate surface area is 123 Å². The molecular weight excluding hydrogens is 254 g/mol. The first-order valence-corrected chi connectivity index (χ1v) is 7.45. The smallest absolute Gasteiger partial charge is 0.237 e. The molecule has 3 N–H and O–H groups in total. The molecule has 1 amide bonds. The van der Waals surface area contributed by atoms with Crippen molar-refractivity contribution in [2.24, 2.45) is 5.73 Å². The van der Waals surface area contributed by atoms with Gasteiger partial charge in [-0.3, -0.25) is 9.69 Å². The molecule has 118 valence electrons. The van der Waals surface area contributed by atoms with Crippen LogP contribution in [0.4, 0.5) is 0 Å². The fourth-order valence-corrected chi connectivity index (χ4v) is 2.33. The van der Waals surface area contributed by atoms with Crippen LogP contribution < -0.4 is 11.1 Å². The first-order chi connectivity index (χ1) is 9.37. The average molecular weight is 285 g/mol. The standard InChI is InChI=1S/C14H31N5O/c1-14(16-2,13(15)20)5-6-18-9-11-19(12-10-18)8-7-17(3)4/h16H,5-12H2,1-4H3,(H2,15,20). The molecule has 0 aromatic heterocycles. The number of amides is 1. The van der Waals surface area contributed by atoms with Gasteiger partial charge in [-0.2, -0.15) is 0 Å². The van der Waals surface area contributed by atoms with E-state index in [9.17, 15) is 4.79 Å². The topological polar surface area (TPSA) is 64.8 Å². The van der Waals surface area contributed by atoms with Crippen LogP contribution in [0.5, 0.6) is 0 Å². The van der Waals surface area contributed by atoms with Crippen molar-refractivity contribution in [3.63, 3.8) is 0 Å². The molecule has 1 rings (SSSR count). The maximum atomic E-state index is 11.5. The van der Waals surface area contributed by atoms with Crippen LogP contribution in [-0.4, -0.2) is 93.1 Å². The van der Waals surface area contributed by atoms with Gasteiger partial charge in [0.1, 0.15) is 0 Å². The molecule has 6 nitrogen and oxygen atoms in total. The number of nitrogens with two attached hydrogens (primary N) is 1. The second-order valence-corrected chi connectivity index (χ2v) is 6.18. The van der Waals surface area contributed by atoms with E-state index in [1.165, 1.54) is 0 Å². The molecular formula is C14H31N5O. The van der Waals surface area contributed by atoms with Crippen molar-refractivity contribution in [3.05, 3.63) is 0 Å². The molecule has 0 spiro atoms. The van der Waals surface area contributed by atoms with Crippen LogP contribution in [0.3, 0.4) is 0 Å². The minimum atomic E-state index is -0.595. The van der Waals surface area contributed by atoms with E-state index in [1.54, 1.807) is 7.05 Å². The SMILES string of the molecule is CNC(C)(CCN1CCN(CCN(C)C)CC1)C(N)=O. The largest absolute Gasteiger partial charge is 0.368 e. The minimum absolute atomic E-state index is 0.274. The third-order valence-electron chi connectivity index (χ3n) is 4.35. The van der Waals surface area contributed by atoms with E-state index in [0.29, 0.717) is 0 Å². The molecule has 0 bridgehead atoms. The van der Waals surface area contributed by atoms with E-state index >= 15 is 0 Å². The van der Waals surface area contributed by atoms with Crippen molar-refractivity contribution in [3.8, 4) is 0 Å². The third kappa shape index (κ3) is 5.36. The van der Waals surface area contributed by atoms with Gasteiger partial charge in [0, 0.05) is 45.8 Å². The zero-order chi connectivity index (χ0) is 15.2. The van der Waals surface area contributed by atoms with E-state index in [-0.39, 0.29) is 5.91 Å². The van der Waals surface area contributed by atoms with Crippen LogP contribution in [-0.2, 0) is 4.79 Å². The fourth-order valence-electron chi connectivity index (χ4n) is 2.33. The Morgan fingerprint density at radius 3 is 2.10 bits per heavy atom. The van der Waals surface area contributed by atoms with Crippen LogP contribution in [0.2, 0.25) is 0 Å². The first-order valence-electron chi connectivity index (χ1n) is 7.45. The average Bonchev–Trinajstić information content (AvgIpc) is 2.43. The second-order valence-electron chi connectivity index (χ2n) is 6.18. The zero-order valence-corrected chi connectivity index (χ0v) is 13.5. The van der Waals surface area contributed by atoms with Gasteiger partial charge in [-0.15, -0.1) is 0 Å². The van der Waals surface area contributed by atoms with Crippen molar-refractivity contribution in [2.75, 3.05) is 67.0 Å². The van der Waals surface area contributed by atoms with Crippen LogP contribution in [0.15, 0.2) is 0 Å². The van der Waals surface area contributed by atoms with E-state index in [2.05, 4.69) is 34.1 Å². The Balaban J connectivity index is 2.27. The van der Waals surface area contributed by atoms with Gasteiger partial charge >= 0.3 is 0 Å². The van der Waals surface area contributed by atoms with Gasteiger partial charge in [-0.25, -0.2) is 0 Å². The van der Waals surface area contributed by atoms with Gasteiger partial charge in [0.05, 0.1) is 5.54 Å². The molecule has 1 aliphatic rings. The van der Waals surface area contributed by atoms with Crippen molar-refractivity contribution in [2.45, 2.75) is 18.9 Å². The summed E-state index contributed by atoms with van der Waals surface area (Å²) in [5.41, 5.74) is 4.86. The van der Waals surface area contributed by atoms with Crippen LogP contribution >= 0.6 is 0 Å². The highest BCUT2D eigenvalue weighted by Gasteiger charge is 2.29. The molecule has 0 saturated carbocycles. The van der Waals surface area contributed by atoms with Gasteiger partial charge in [-0.1, -0.05) is 0 Å². The lowest BCUT2D eigenvalue weighted by molar-refractivity contribution is -0.124. The summed E-state index contributed by atoms with van der Waals surface area (Å²) >= 11 is 0. The number of likely N-dealkylation sites (N-methyl/N-ethyl adjacent to an activating group) is 2. The number of carbonyl (C=O) groups excluding carboxylic acids is 1. The summed E-state index contributed by atoms with van der Waals surface area (Å²) in [7, 11) is 6.02. The number of hydrogen-bond acceptors (Lipinski definition) is 5. The van der Waals surface area contributed by atoms with Gasteiger partial charge in [0.15, 0.2) is 0 Å². The number of hydrogen-bond donors (Lipinski definition) is 2. The van der Waals surface area contributed by atoms with Crippen molar-refractivity contribution in [1.82, 2.24) is 20.0 Å². The molecule has 0 aromatic carbocycles. The molecule has 0 aliphatic carbocycles. The molecule has 1 unspecified atom stereocenters. The van der Waals surface area contributed by atoms with E-state index < -0.39 is 5.54 Å². The molecule has 20 heavy (non-hydrogen) atoms. The summed E-state index contributed by atoms with van der Waals surface area (Å²) in [4.78, 5) is 18.6. The van der Waals surface area contributed by atoms with E-state index in [1.807, 2.05) is 6.92 Å². The highest BCUT2D eigenvalue weighted by atomic mass is 16.1. The van der Waals surface area contributed by atoms with Gasteiger partial charge in [0.25, 0.3) is 0 Å². The normalized spacial score (nSPS) is 21.1. The minimum Gasteiger partial charge on any atom is -0.368 e. The van der Waals surface area contributed by atoms with E-state index in [0.717, 1.165) is 52.2 Å². The highest BCUT2D eigenvalue weighted by molar-refractivity contribution is 5.84. The Morgan fingerprint density at radius 2 is 1.70 bits per heavy atom. The highest BCUT2D eigenvalue weighted by Crippen LogP contribution is 2.11. The Kier molecular flexibility index (Phi) is 6.88. The lowest BCUT2D eigenvalue weighted by atomic mass is 9.97. The third-order valence-corrected chi connectivity index (χ3v) is 4.35. The number of nitrogens with zero attached hydrogens (tertiary/aromatic N) is 3. The predicted octanol–water partition coefficient (Wildman–Crippen LogP) is -0.981. The van der Waals surface area contributed by atoms with Crippen LogP contribution in [0.25, 0.3) is 0 Å². The first kappa shape index (κ1) is 17.4. The molecule has 6 heteroatoms. The fraction of sp³-hybridized carbons (Fsp3) is 0.929. The van der Waals surface area contributed by atoms with Crippen LogP contribution in [0.1, 0.15) is 13.3 Å². The molecule has 1 fully saturated rings. The lowest BCUT2D eigenvalue weighted by Gasteiger charge is -2.36. The molecule has 1 atom stereocenters. The maximum Gasteiger partial charge on any atom is 0.237 e. The molecule has 1 aliphatic heterocycles. The Morgan fingerprint density at radius 1 is 1.20 bits per heavy atom. The molecule has 0 radical (unpaired) electrons. The molecule has 0 aromatic rings. The summed E-state index contributed by atoms with van der Waals surface area (Å²) in [6.07, 6.45) is 0.760. The Hall–Kier alpha value is -0.690. The lowest BCUT2D eigenvalue weighted by Crippen LogP contribution is -2.54. The van der Waals surface area contributed by atoms with Gasteiger partial charge in [-0.05, 0) is 34.5 Å². The van der Waals surface area contributed by atoms with Crippen molar-refractivity contribution >= 4 is 5.91 Å². The zero-order valence-electron chi connectivity index (χ0n) is 13.5.